The van der Waals surface area contributed by atoms with Crippen LogP contribution in [-0.4, -0.2) is 12.2 Å². The predicted molar refractivity (Wildman–Crippen MR) is 126 cm³/mol. The standard InChI is InChI=1S/C26H23FN2O4/c1-15(18-4-3-5-19(27)14-18)28-22(17-8-12-21(33-2)13-9-17)16-6-10-20(11-7-16)29-23-24(30)26(32)25(23)31/h3-15,22,28-30H,1-2H3. The van der Waals surface area contributed by atoms with Gasteiger partial charge in [0.1, 0.15) is 17.3 Å². The summed E-state index contributed by atoms with van der Waals surface area (Å²) < 4.78 is 19.0. The summed E-state index contributed by atoms with van der Waals surface area (Å²) in [5.41, 5.74) is 1.58. The quantitative estimate of drug-likeness (QED) is 0.350. The molecule has 4 aromatic carbocycles. The van der Waals surface area contributed by atoms with Gasteiger partial charge in [-0.1, -0.05) is 36.4 Å². The van der Waals surface area contributed by atoms with Crippen LogP contribution in [-0.2, 0) is 0 Å². The molecule has 168 valence electrons. The Bertz CT molecular complexity index is 1330. The van der Waals surface area contributed by atoms with Crippen molar-refractivity contribution in [2.45, 2.75) is 19.0 Å². The van der Waals surface area contributed by atoms with Crippen LogP contribution in [0, 0.1) is 5.82 Å². The number of hydrogen-bond donors (Lipinski definition) is 3. The normalized spacial score (nSPS) is 12.9. The van der Waals surface area contributed by atoms with Crippen LogP contribution in [0.2, 0.25) is 0 Å². The topological polar surface area (TPSA) is 87.7 Å². The molecule has 0 aliphatic heterocycles. The van der Waals surface area contributed by atoms with E-state index >= 15 is 0 Å². The minimum absolute atomic E-state index is 0.0997. The van der Waals surface area contributed by atoms with Crippen molar-refractivity contribution in [3.63, 3.8) is 0 Å². The van der Waals surface area contributed by atoms with E-state index in [9.17, 15) is 19.1 Å². The van der Waals surface area contributed by atoms with Crippen molar-refractivity contribution in [2.75, 3.05) is 12.4 Å². The summed E-state index contributed by atoms with van der Waals surface area (Å²) in [5, 5.41) is 15.9. The summed E-state index contributed by atoms with van der Waals surface area (Å²) in [6, 6.07) is 21.1. The number of methoxy groups -OCH3 is 1. The van der Waals surface area contributed by atoms with Gasteiger partial charge in [-0.3, -0.25) is 14.9 Å². The predicted octanol–water partition coefficient (Wildman–Crippen LogP) is 4.32. The SMILES string of the molecule is COc1ccc(C(NC(C)c2cccc(F)c2)c2ccc(Nc3c(O)c(=O)c3=O)cc2)cc1. The van der Waals surface area contributed by atoms with Gasteiger partial charge in [0.25, 0.3) is 10.9 Å². The molecule has 0 bridgehead atoms. The molecule has 0 aliphatic rings. The van der Waals surface area contributed by atoms with Crippen molar-refractivity contribution in [1.29, 1.82) is 0 Å². The van der Waals surface area contributed by atoms with Gasteiger partial charge in [0.15, 0.2) is 5.75 Å². The van der Waals surface area contributed by atoms with E-state index in [4.69, 9.17) is 4.74 Å². The lowest BCUT2D eigenvalue weighted by Crippen LogP contribution is -2.32. The Labute approximate surface area is 190 Å². The average molecular weight is 446 g/mol. The number of nitrogens with one attached hydrogen (secondary N) is 2. The van der Waals surface area contributed by atoms with E-state index in [2.05, 4.69) is 10.6 Å². The van der Waals surface area contributed by atoms with Crippen LogP contribution in [0.1, 0.15) is 35.7 Å². The van der Waals surface area contributed by atoms with Crippen LogP contribution < -0.4 is 26.2 Å². The minimum Gasteiger partial charge on any atom is -0.502 e. The first-order chi connectivity index (χ1) is 15.9. The van der Waals surface area contributed by atoms with Gasteiger partial charge in [-0.2, -0.15) is 0 Å². The minimum atomic E-state index is -0.885. The van der Waals surface area contributed by atoms with Gasteiger partial charge in [-0.05, 0) is 60.0 Å². The number of benzene rings is 3. The van der Waals surface area contributed by atoms with Crippen molar-refractivity contribution >= 4 is 11.4 Å². The van der Waals surface area contributed by atoms with E-state index in [0.29, 0.717) is 5.69 Å². The molecule has 0 aromatic heterocycles. The van der Waals surface area contributed by atoms with E-state index < -0.39 is 16.6 Å². The van der Waals surface area contributed by atoms with Crippen LogP contribution in [0.5, 0.6) is 11.5 Å². The summed E-state index contributed by atoms with van der Waals surface area (Å²) in [6.07, 6.45) is 0. The molecular formula is C26H23FN2O4. The molecule has 4 rings (SSSR count). The highest BCUT2D eigenvalue weighted by Crippen LogP contribution is 2.29. The average Bonchev–Trinajstić information content (AvgIpc) is 2.85. The van der Waals surface area contributed by atoms with Gasteiger partial charge in [0, 0.05) is 11.7 Å². The Kier molecular flexibility index (Phi) is 6.24. The molecule has 33 heavy (non-hydrogen) atoms. The maximum Gasteiger partial charge on any atom is 0.271 e. The number of aromatic hydroxyl groups is 1. The van der Waals surface area contributed by atoms with Crippen molar-refractivity contribution < 1.29 is 14.2 Å². The third-order valence-electron chi connectivity index (χ3n) is 5.61. The molecule has 2 atom stereocenters. The fraction of sp³-hybridized carbons (Fsp3) is 0.154. The largest absolute Gasteiger partial charge is 0.502 e. The first-order valence-electron chi connectivity index (χ1n) is 10.4. The molecule has 4 aromatic rings. The monoisotopic (exact) mass is 446 g/mol. The smallest absolute Gasteiger partial charge is 0.271 e. The summed E-state index contributed by atoms with van der Waals surface area (Å²) in [7, 11) is 1.61. The second kappa shape index (κ2) is 9.26. The third-order valence-corrected chi connectivity index (χ3v) is 5.61. The van der Waals surface area contributed by atoms with Gasteiger partial charge in [0.2, 0.25) is 0 Å². The zero-order chi connectivity index (χ0) is 23.5. The molecule has 2 unspecified atom stereocenters. The van der Waals surface area contributed by atoms with Gasteiger partial charge in [0.05, 0.1) is 13.2 Å². The molecule has 7 heteroatoms. The van der Waals surface area contributed by atoms with Crippen molar-refractivity contribution in [2.24, 2.45) is 0 Å². The lowest BCUT2D eigenvalue weighted by Gasteiger charge is -2.25. The van der Waals surface area contributed by atoms with Crippen LogP contribution >= 0.6 is 0 Å². The van der Waals surface area contributed by atoms with E-state index in [1.165, 1.54) is 12.1 Å². The van der Waals surface area contributed by atoms with Gasteiger partial charge < -0.3 is 15.2 Å². The first-order valence-corrected chi connectivity index (χ1v) is 10.4. The van der Waals surface area contributed by atoms with Crippen molar-refractivity contribution in [3.8, 4) is 11.5 Å². The number of ether oxygens (including phenoxy) is 1. The molecule has 0 amide bonds. The number of halogens is 1. The second-order valence-electron chi connectivity index (χ2n) is 7.78. The maximum atomic E-state index is 13.7. The molecule has 0 fully saturated rings. The Morgan fingerprint density at radius 2 is 1.52 bits per heavy atom. The van der Waals surface area contributed by atoms with Gasteiger partial charge in [-0.15, -0.1) is 0 Å². The van der Waals surface area contributed by atoms with Crippen LogP contribution in [0.4, 0.5) is 15.8 Å². The molecule has 6 nitrogen and oxygen atoms in total. The fourth-order valence-corrected chi connectivity index (χ4v) is 3.70. The van der Waals surface area contributed by atoms with Crippen molar-refractivity contribution in [1.82, 2.24) is 5.32 Å². The van der Waals surface area contributed by atoms with E-state index in [1.54, 1.807) is 25.3 Å². The van der Waals surface area contributed by atoms with E-state index in [1.807, 2.05) is 49.4 Å². The summed E-state index contributed by atoms with van der Waals surface area (Å²) in [5.74, 6) is -0.104. The van der Waals surface area contributed by atoms with Crippen LogP contribution in [0.3, 0.4) is 0 Å². The van der Waals surface area contributed by atoms with Crippen LogP contribution in [0.15, 0.2) is 82.4 Å². The molecule has 3 N–H and O–H groups in total. The highest BCUT2D eigenvalue weighted by molar-refractivity contribution is 5.69. The number of rotatable bonds is 8. The Morgan fingerprint density at radius 3 is 2.09 bits per heavy atom. The fourth-order valence-electron chi connectivity index (χ4n) is 3.70. The Morgan fingerprint density at radius 1 is 0.879 bits per heavy atom. The lowest BCUT2D eigenvalue weighted by molar-refractivity contribution is 0.414. The maximum absolute atomic E-state index is 13.7. The molecule has 0 heterocycles. The molecular weight excluding hydrogens is 423 g/mol. The van der Waals surface area contributed by atoms with E-state index in [0.717, 1.165) is 22.4 Å². The molecule has 0 spiro atoms. The summed E-state index contributed by atoms with van der Waals surface area (Å²) in [4.78, 5) is 22.8. The molecule has 0 saturated carbocycles. The van der Waals surface area contributed by atoms with Gasteiger partial charge >= 0.3 is 0 Å². The Balaban J connectivity index is 1.62. The molecule has 0 radical (unpaired) electrons. The second-order valence-corrected chi connectivity index (χ2v) is 7.78. The summed E-state index contributed by atoms with van der Waals surface area (Å²) >= 11 is 0. The first kappa shape index (κ1) is 22.2. The Hall–Kier alpha value is -3.97. The van der Waals surface area contributed by atoms with E-state index in [-0.39, 0.29) is 23.6 Å². The molecule has 0 aliphatic carbocycles. The number of hydrogen-bond acceptors (Lipinski definition) is 6. The summed E-state index contributed by atoms with van der Waals surface area (Å²) in [6.45, 7) is 1.97. The highest BCUT2D eigenvalue weighted by Gasteiger charge is 2.21. The molecule has 0 saturated heterocycles. The van der Waals surface area contributed by atoms with Gasteiger partial charge in [-0.25, -0.2) is 4.39 Å². The number of anilines is 2. The van der Waals surface area contributed by atoms with Crippen molar-refractivity contribution in [3.05, 3.63) is 116 Å². The lowest BCUT2D eigenvalue weighted by atomic mass is 9.96. The zero-order valence-electron chi connectivity index (χ0n) is 18.1. The highest BCUT2D eigenvalue weighted by atomic mass is 19.1. The zero-order valence-corrected chi connectivity index (χ0v) is 18.1. The third kappa shape index (κ3) is 4.63. The van der Waals surface area contributed by atoms with Crippen LogP contribution in [0.25, 0.3) is 0 Å².